The molecule has 0 spiro atoms. The fraction of sp³-hybridized carbons (Fsp3) is 0.611. The van der Waals surface area contributed by atoms with E-state index in [0.29, 0.717) is 6.10 Å². The summed E-state index contributed by atoms with van der Waals surface area (Å²) in [6.45, 7) is 1.65. The Hall–Kier alpha value is -1.06. The minimum Gasteiger partial charge on any atom is -0.378 e. The molecule has 0 bridgehead atoms. The Balaban J connectivity index is 1.59. The summed E-state index contributed by atoms with van der Waals surface area (Å²) in [5.41, 5.74) is 0.801. The Morgan fingerprint density at radius 3 is 2.64 bits per heavy atom. The second-order valence-electron chi connectivity index (χ2n) is 6.59. The van der Waals surface area contributed by atoms with Crippen molar-refractivity contribution < 1.29 is 9.53 Å². The molecule has 2 fully saturated rings. The number of carbonyl (C=O) groups is 1. The first kappa shape index (κ1) is 15.8. The van der Waals surface area contributed by atoms with Gasteiger partial charge in [-0.3, -0.25) is 4.79 Å². The van der Waals surface area contributed by atoms with E-state index in [9.17, 15) is 4.79 Å². The highest BCUT2D eigenvalue weighted by atomic mass is 35.5. The van der Waals surface area contributed by atoms with Crippen LogP contribution in [0.3, 0.4) is 0 Å². The molecule has 0 aromatic heterocycles. The average molecular weight is 322 g/mol. The number of ether oxygens (including phenoxy) is 1. The summed E-state index contributed by atoms with van der Waals surface area (Å²) in [6, 6.07) is 7.73. The number of hydrogen-bond donors (Lipinski definition) is 0. The van der Waals surface area contributed by atoms with Gasteiger partial charge in [0.15, 0.2) is 0 Å². The normalized spacial score (nSPS) is 23.1. The summed E-state index contributed by atoms with van der Waals surface area (Å²) in [7, 11) is 1.92. The first-order chi connectivity index (χ1) is 10.6. The van der Waals surface area contributed by atoms with Gasteiger partial charge in [0.2, 0.25) is 5.91 Å². The van der Waals surface area contributed by atoms with E-state index in [1.54, 1.807) is 0 Å². The van der Waals surface area contributed by atoms with Crippen LogP contribution in [0.15, 0.2) is 24.3 Å². The molecule has 1 amide bonds. The summed E-state index contributed by atoms with van der Waals surface area (Å²) in [4.78, 5) is 14.7. The van der Waals surface area contributed by atoms with Crippen molar-refractivity contribution in [2.45, 2.75) is 50.0 Å². The molecule has 22 heavy (non-hydrogen) atoms. The molecule has 1 aromatic rings. The molecule has 0 N–H and O–H groups in total. The van der Waals surface area contributed by atoms with E-state index in [2.05, 4.69) is 0 Å². The van der Waals surface area contributed by atoms with E-state index in [-0.39, 0.29) is 11.3 Å². The van der Waals surface area contributed by atoms with Crippen LogP contribution < -0.4 is 0 Å². The zero-order valence-corrected chi connectivity index (χ0v) is 13.9. The first-order valence-corrected chi connectivity index (χ1v) is 8.63. The largest absolute Gasteiger partial charge is 0.378 e. The van der Waals surface area contributed by atoms with Gasteiger partial charge in [0.1, 0.15) is 0 Å². The maximum Gasteiger partial charge on any atom is 0.232 e. The Morgan fingerprint density at radius 1 is 1.32 bits per heavy atom. The number of benzene rings is 1. The summed E-state index contributed by atoms with van der Waals surface area (Å²) in [6.07, 6.45) is 6.70. The Labute approximate surface area is 137 Å². The second kappa shape index (κ2) is 6.59. The molecule has 1 saturated heterocycles. The van der Waals surface area contributed by atoms with Gasteiger partial charge >= 0.3 is 0 Å². The monoisotopic (exact) mass is 321 g/mol. The van der Waals surface area contributed by atoms with Crippen molar-refractivity contribution in [3.8, 4) is 0 Å². The van der Waals surface area contributed by atoms with Crippen molar-refractivity contribution in [3.63, 3.8) is 0 Å². The van der Waals surface area contributed by atoms with Gasteiger partial charge in [-0.05, 0) is 56.2 Å². The molecule has 0 unspecified atom stereocenters. The highest BCUT2D eigenvalue weighted by Gasteiger charge is 2.52. The predicted molar refractivity (Wildman–Crippen MR) is 88.2 cm³/mol. The lowest BCUT2D eigenvalue weighted by molar-refractivity contribution is -0.133. The first-order valence-electron chi connectivity index (χ1n) is 8.25. The molecule has 1 aliphatic heterocycles. The summed E-state index contributed by atoms with van der Waals surface area (Å²) in [5, 5.41) is 0.717. The van der Waals surface area contributed by atoms with Crippen LogP contribution in [0.2, 0.25) is 5.02 Å². The van der Waals surface area contributed by atoms with E-state index >= 15 is 0 Å². The fourth-order valence-electron chi connectivity index (χ4n) is 3.36. The van der Waals surface area contributed by atoms with Crippen LogP contribution in [0.4, 0.5) is 0 Å². The van der Waals surface area contributed by atoms with Crippen LogP contribution in [0, 0.1) is 0 Å². The summed E-state index contributed by atoms with van der Waals surface area (Å²) < 4.78 is 5.75. The zero-order valence-electron chi connectivity index (χ0n) is 13.2. The van der Waals surface area contributed by atoms with Crippen molar-refractivity contribution >= 4 is 17.5 Å². The smallest absolute Gasteiger partial charge is 0.232 e. The molecule has 1 atom stereocenters. The maximum atomic E-state index is 12.8. The Bertz CT molecular complexity index is 518. The maximum absolute atomic E-state index is 12.8. The van der Waals surface area contributed by atoms with Crippen molar-refractivity contribution in [2.75, 3.05) is 20.2 Å². The molecular weight excluding hydrogens is 298 g/mol. The van der Waals surface area contributed by atoms with Crippen LogP contribution in [0.25, 0.3) is 0 Å². The van der Waals surface area contributed by atoms with Crippen LogP contribution >= 0.6 is 11.6 Å². The molecular formula is C18H24ClNO2. The minimum absolute atomic E-state index is 0.241. The average Bonchev–Trinajstić information content (AvgIpc) is 3.35. The van der Waals surface area contributed by atoms with E-state index in [0.717, 1.165) is 49.4 Å². The quantitative estimate of drug-likeness (QED) is 0.825. The molecule has 1 saturated carbocycles. The molecule has 0 radical (unpaired) electrons. The molecule has 3 rings (SSSR count). The standard InChI is InChI=1S/C18H24ClNO2/c1-20(12-9-16-4-2-3-13-22-16)17(21)18(10-11-18)14-5-7-15(19)8-6-14/h5-8,16H,2-4,9-13H2,1H3/t16-/m1/s1. The third kappa shape index (κ3) is 3.31. The third-order valence-corrected chi connectivity index (χ3v) is 5.22. The molecule has 3 nitrogen and oxygen atoms in total. The van der Waals surface area contributed by atoms with Crippen LogP contribution in [0.1, 0.15) is 44.1 Å². The Kier molecular flexibility index (Phi) is 4.74. The van der Waals surface area contributed by atoms with E-state index in [4.69, 9.17) is 16.3 Å². The number of rotatable bonds is 5. The van der Waals surface area contributed by atoms with Gasteiger partial charge in [-0.25, -0.2) is 0 Å². The molecule has 2 aliphatic rings. The van der Waals surface area contributed by atoms with Crippen LogP contribution in [-0.2, 0) is 14.9 Å². The zero-order chi connectivity index (χ0) is 15.6. The molecule has 4 heteroatoms. The SMILES string of the molecule is CN(CC[C@H]1CCCCO1)C(=O)C1(c2ccc(Cl)cc2)CC1. The van der Waals surface area contributed by atoms with Gasteiger partial charge in [0.25, 0.3) is 0 Å². The van der Waals surface area contributed by atoms with Gasteiger partial charge in [-0.15, -0.1) is 0 Å². The van der Waals surface area contributed by atoms with E-state index in [1.165, 1.54) is 12.8 Å². The summed E-state index contributed by atoms with van der Waals surface area (Å²) >= 11 is 5.95. The fourth-order valence-corrected chi connectivity index (χ4v) is 3.49. The highest BCUT2D eigenvalue weighted by molar-refractivity contribution is 6.30. The Morgan fingerprint density at radius 2 is 2.05 bits per heavy atom. The third-order valence-electron chi connectivity index (χ3n) is 4.96. The number of nitrogens with zero attached hydrogens (tertiary/aromatic N) is 1. The molecule has 1 aliphatic carbocycles. The summed E-state index contributed by atoms with van der Waals surface area (Å²) in [5.74, 6) is 0.241. The van der Waals surface area contributed by atoms with Crippen LogP contribution in [0.5, 0.6) is 0 Å². The van der Waals surface area contributed by atoms with Crippen molar-refractivity contribution in [1.82, 2.24) is 4.90 Å². The van der Waals surface area contributed by atoms with Gasteiger partial charge < -0.3 is 9.64 Å². The van der Waals surface area contributed by atoms with Gasteiger partial charge in [0.05, 0.1) is 11.5 Å². The topological polar surface area (TPSA) is 29.5 Å². The van der Waals surface area contributed by atoms with E-state index < -0.39 is 0 Å². The number of likely N-dealkylation sites (N-methyl/N-ethyl adjacent to an activating group) is 1. The highest BCUT2D eigenvalue weighted by Crippen LogP contribution is 2.49. The molecule has 1 aromatic carbocycles. The molecule has 120 valence electrons. The predicted octanol–water partition coefficient (Wildman–Crippen LogP) is 3.79. The van der Waals surface area contributed by atoms with Gasteiger partial charge in [-0.2, -0.15) is 0 Å². The van der Waals surface area contributed by atoms with Crippen molar-refractivity contribution in [2.24, 2.45) is 0 Å². The minimum atomic E-state index is -0.299. The lowest BCUT2D eigenvalue weighted by atomic mass is 9.94. The van der Waals surface area contributed by atoms with Crippen LogP contribution in [-0.4, -0.2) is 37.1 Å². The number of hydrogen-bond acceptors (Lipinski definition) is 2. The lowest BCUT2D eigenvalue weighted by Crippen LogP contribution is -2.38. The second-order valence-corrected chi connectivity index (χ2v) is 7.03. The van der Waals surface area contributed by atoms with E-state index in [1.807, 2.05) is 36.2 Å². The van der Waals surface area contributed by atoms with Gasteiger partial charge in [0, 0.05) is 25.2 Å². The van der Waals surface area contributed by atoms with Crippen molar-refractivity contribution in [3.05, 3.63) is 34.9 Å². The lowest BCUT2D eigenvalue weighted by Gasteiger charge is -2.27. The molecule has 1 heterocycles. The number of amides is 1. The number of carbonyl (C=O) groups excluding carboxylic acids is 1. The van der Waals surface area contributed by atoms with Gasteiger partial charge in [-0.1, -0.05) is 23.7 Å². The number of halogens is 1. The van der Waals surface area contributed by atoms with Crippen molar-refractivity contribution in [1.29, 1.82) is 0 Å².